The van der Waals surface area contributed by atoms with Crippen molar-refractivity contribution in [3.63, 3.8) is 0 Å². The Bertz CT molecular complexity index is 604. The highest BCUT2D eigenvalue weighted by atomic mass is 35.5. The van der Waals surface area contributed by atoms with Crippen LogP contribution in [0.4, 0.5) is 5.69 Å². The second-order valence-corrected chi connectivity index (χ2v) is 6.93. The van der Waals surface area contributed by atoms with Crippen molar-refractivity contribution in [2.24, 2.45) is 11.7 Å². The largest absolute Gasteiger partial charge is 0.336 e. The number of nitrogens with zero attached hydrogens (tertiary/aromatic N) is 2. The number of halogens is 2. The van der Waals surface area contributed by atoms with E-state index in [1.165, 1.54) is 0 Å². The molecule has 1 saturated heterocycles. The minimum Gasteiger partial charge on any atom is -0.336 e. The first kappa shape index (κ1) is 22.7. The third kappa shape index (κ3) is 5.58. The monoisotopic (exact) mass is 402 g/mol. The van der Waals surface area contributed by atoms with Gasteiger partial charge in [0.25, 0.3) is 5.91 Å². The van der Waals surface area contributed by atoms with Gasteiger partial charge in [-0.1, -0.05) is 0 Å². The molecule has 1 saturated carbocycles. The molecule has 2 aliphatic rings. The summed E-state index contributed by atoms with van der Waals surface area (Å²) in [7, 11) is 2.07. The fourth-order valence-electron chi connectivity index (χ4n) is 3.39. The second-order valence-electron chi connectivity index (χ2n) is 6.93. The average molecular weight is 403 g/mol. The normalized spacial score (nSPS) is 22.9. The number of hydrogen-bond donors (Lipinski definition) is 2. The summed E-state index contributed by atoms with van der Waals surface area (Å²) in [5.74, 6) is 0.0930. The Balaban J connectivity index is 0.00000169. The first-order valence-corrected chi connectivity index (χ1v) is 8.67. The molecule has 2 unspecified atom stereocenters. The maximum absolute atomic E-state index is 12.5. The van der Waals surface area contributed by atoms with Crippen molar-refractivity contribution in [2.75, 3.05) is 38.5 Å². The standard InChI is InChI=1S/C18H26N4O2.2ClH/c1-21-8-10-22(11-9-21)18(24)13-3-6-16(7-4-13)20-17(23)14-2-5-15(19)12-14;;/h3-4,6-7,14-15H,2,5,8-12,19H2,1H3,(H,20,23);2*1H. The summed E-state index contributed by atoms with van der Waals surface area (Å²) in [5.41, 5.74) is 7.26. The minimum absolute atomic E-state index is 0. The van der Waals surface area contributed by atoms with Crippen LogP contribution in [-0.2, 0) is 4.79 Å². The molecule has 1 aromatic carbocycles. The van der Waals surface area contributed by atoms with Crippen LogP contribution in [0, 0.1) is 5.92 Å². The van der Waals surface area contributed by atoms with Gasteiger partial charge in [-0.25, -0.2) is 0 Å². The lowest BCUT2D eigenvalue weighted by Crippen LogP contribution is -2.47. The lowest BCUT2D eigenvalue weighted by atomic mass is 10.1. The smallest absolute Gasteiger partial charge is 0.253 e. The van der Waals surface area contributed by atoms with Crippen LogP contribution >= 0.6 is 24.8 Å². The van der Waals surface area contributed by atoms with Crippen molar-refractivity contribution < 1.29 is 9.59 Å². The zero-order chi connectivity index (χ0) is 17.1. The number of piperazine rings is 1. The molecule has 2 amide bonds. The summed E-state index contributed by atoms with van der Waals surface area (Å²) in [6.45, 7) is 3.33. The van der Waals surface area contributed by atoms with Crippen molar-refractivity contribution in [3.05, 3.63) is 29.8 Å². The molecule has 8 heteroatoms. The van der Waals surface area contributed by atoms with Crippen LogP contribution in [0.1, 0.15) is 29.6 Å². The Kier molecular flexibility index (Phi) is 8.83. The van der Waals surface area contributed by atoms with Gasteiger partial charge in [0.1, 0.15) is 0 Å². The lowest BCUT2D eigenvalue weighted by Gasteiger charge is -2.32. The number of benzene rings is 1. The topological polar surface area (TPSA) is 78.7 Å². The Labute approximate surface area is 167 Å². The van der Waals surface area contributed by atoms with E-state index in [2.05, 4.69) is 17.3 Å². The molecule has 1 aliphatic carbocycles. The number of likely N-dealkylation sites (N-methyl/N-ethyl adjacent to an activating group) is 1. The summed E-state index contributed by atoms with van der Waals surface area (Å²) in [6.07, 6.45) is 2.52. The molecule has 146 valence electrons. The number of rotatable bonds is 3. The Morgan fingerprint density at radius 3 is 2.19 bits per heavy atom. The molecule has 6 nitrogen and oxygen atoms in total. The third-order valence-corrected chi connectivity index (χ3v) is 5.03. The van der Waals surface area contributed by atoms with E-state index in [9.17, 15) is 9.59 Å². The van der Waals surface area contributed by atoms with Crippen molar-refractivity contribution in [1.82, 2.24) is 9.80 Å². The number of hydrogen-bond acceptors (Lipinski definition) is 4. The van der Waals surface area contributed by atoms with Crippen molar-refractivity contribution in [2.45, 2.75) is 25.3 Å². The number of carbonyl (C=O) groups excluding carboxylic acids is 2. The number of carbonyl (C=O) groups is 2. The van der Waals surface area contributed by atoms with E-state index in [1.807, 2.05) is 4.90 Å². The highest BCUT2D eigenvalue weighted by Gasteiger charge is 2.27. The molecule has 1 aromatic rings. The first-order valence-electron chi connectivity index (χ1n) is 8.67. The highest BCUT2D eigenvalue weighted by molar-refractivity contribution is 5.96. The fourth-order valence-corrected chi connectivity index (χ4v) is 3.39. The van der Waals surface area contributed by atoms with Crippen LogP contribution in [0.2, 0.25) is 0 Å². The maximum atomic E-state index is 12.5. The van der Waals surface area contributed by atoms with Crippen molar-refractivity contribution in [1.29, 1.82) is 0 Å². The van der Waals surface area contributed by atoms with Gasteiger partial charge < -0.3 is 20.9 Å². The highest BCUT2D eigenvalue weighted by Crippen LogP contribution is 2.25. The third-order valence-electron chi connectivity index (χ3n) is 5.03. The van der Waals surface area contributed by atoms with Crippen molar-refractivity contribution in [3.8, 4) is 0 Å². The Hall–Kier alpha value is -1.34. The van der Waals surface area contributed by atoms with E-state index in [-0.39, 0.29) is 48.6 Å². The summed E-state index contributed by atoms with van der Waals surface area (Å²) in [6, 6.07) is 7.32. The van der Waals surface area contributed by atoms with Gasteiger partial charge in [-0.15, -0.1) is 24.8 Å². The molecule has 1 aliphatic heterocycles. The van der Waals surface area contributed by atoms with Gasteiger partial charge in [0.15, 0.2) is 0 Å². The van der Waals surface area contributed by atoms with Gasteiger partial charge in [0, 0.05) is 49.4 Å². The van der Waals surface area contributed by atoms with Crippen LogP contribution in [-0.4, -0.2) is 60.9 Å². The van der Waals surface area contributed by atoms with Gasteiger partial charge in [-0.2, -0.15) is 0 Å². The van der Waals surface area contributed by atoms with Crippen LogP contribution < -0.4 is 11.1 Å². The van der Waals surface area contributed by atoms with E-state index in [0.29, 0.717) is 5.56 Å². The van der Waals surface area contributed by atoms with Gasteiger partial charge >= 0.3 is 0 Å². The fraction of sp³-hybridized carbons (Fsp3) is 0.556. The molecule has 1 heterocycles. The molecule has 3 rings (SSSR count). The van der Waals surface area contributed by atoms with Gasteiger partial charge in [0.05, 0.1) is 0 Å². The van der Waals surface area contributed by atoms with E-state index in [0.717, 1.165) is 51.1 Å². The molecule has 2 atom stereocenters. The second kappa shape index (κ2) is 10.1. The molecule has 26 heavy (non-hydrogen) atoms. The zero-order valence-electron chi connectivity index (χ0n) is 15.0. The maximum Gasteiger partial charge on any atom is 0.253 e. The molecule has 3 N–H and O–H groups in total. The van der Waals surface area contributed by atoms with Crippen LogP contribution in [0.5, 0.6) is 0 Å². The van der Waals surface area contributed by atoms with E-state index >= 15 is 0 Å². The summed E-state index contributed by atoms with van der Waals surface area (Å²) >= 11 is 0. The molecular formula is C18H28Cl2N4O2. The molecule has 0 aromatic heterocycles. The average Bonchev–Trinajstić information content (AvgIpc) is 3.02. The Morgan fingerprint density at radius 1 is 1.04 bits per heavy atom. The summed E-state index contributed by atoms with van der Waals surface area (Å²) in [5, 5.41) is 2.93. The van der Waals surface area contributed by atoms with Gasteiger partial charge in [-0.05, 0) is 50.6 Å². The zero-order valence-corrected chi connectivity index (χ0v) is 16.7. The molecule has 0 radical (unpaired) electrons. The van der Waals surface area contributed by atoms with E-state index in [4.69, 9.17) is 5.73 Å². The first-order chi connectivity index (χ1) is 11.5. The number of anilines is 1. The predicted octanol–water partition coefficient (Wildman–Crippen LogP) is 1.98. The molecule has 0 spiro atoms. The lowest BCUT2D eigenvalue weighted by molar-refractivity contribution is -0.119. The SMILES string of the molecule is CN1CCN(C(=O)c2ccc(NC(=O)C3CCC(N)C3)cc2)CC1.Cl.Cl. The quantitative estimate of drug-likeness (QED) is 0.809. The molecule has 0 bridgehead atoms. The minimum atomic E-state index is 0. The van der Waals surface area contributed by atoms with E-state index in [1.54, 1.807) is 24.3 Å². The summed E-state index contributed by atoms with van der Waals surface area (Å²) < 4.78 is 0. The van der Waals surface area contributed by atoms with Crippen molar-refractivity contribution >= 4 is 42.3 Å². The van der Waals surface area contributed by atoms with Crippen LogP contribution in [0.3, 0.4) is 0 Å². The molecule has 2 fully saturated rings. The van der Waals surface area contributed by atoms with Crippen LogP contribution in [0.25, 0.3) is 0 Å². The van der Waals surface area contributed by atoms with Gasteiger partial charge in [0.2, 0.25) is 5.91 Å². The van der Waals surface area contributed by atoms with Gasteiger partial charge in [-0.3, -0.25) is 9.59 Å². The molecular weight excluding hydrogens is 375 g/mol. The number of amides is 2. The van der Waals surface area contributed by atoms with E-state index < -0.39 is 0 Å². The number of nitrogens with one attached hydrogen (secondary N) is 1. The Morgan fingerprint density at radius 2 is 1.65 bits per heavy atom. The summed E-state index contributed by atoms with van der Waals surface area (Å²) in [4.78, 5) is 28.8. The van der Waals surface area contributed by atoms with Crippen LogP contribution in [0.15, 0.2) is 24.3 Å². The number of nitrogens with two attached hydrogens (primary N) is 1. The predicted molar refractivity (Wildman–Crippen MR) is 108 cm³/mol.